The number of aromatic nitrogens is 3. The largest absolute Gasteiger partial charge is 0.491 e. The minimum Gasteiger partial charge on any atom is -0.491 e. The lowest BCUT2D eigenvalue weighted by Gasteiger charge is -2.17. The summed E-state index contributed by atoms with van der Waals surface area (Å²) in [6.45, 7) is 8.31. The number of para-hydroxylation sites is 1. The molecule has 1 aromatic carbocycles. The fourth-order valence-electron chi connectivity index (χ4n) is 3.09. The average molecular weight is 427 g/mol. The first-order valence-electron chi connectivity index (χ1n) is 9.67. The van der Waals surface area contributed by atoms with E-state index >= 15 is 0 Å². The minimum atomic E-state index is -0.217. The van der Waals surface area contributed by atoms with Gasteiger partial charge in [0, 0.05) is 14.1 Å². The molecule has 0 aliphatic rings. The van der Waals surface area contributed by atoms with Crippen molar-refractivity contribution in [3.63, 3.8) is 0 Å². The smallest absolute Gasteiger partial charge is 0.277 e. The molecule has 0 fully saturated rings. The maximum Gasteiger partial charge on any atom is 0.277 e. The topological polar surface area (TPSA) is 77.3 Å². The molecule has 158 valence electrons. The van der Waals surface area contributed by atoms with Crippen LogP contribution in [0.3, 0.4) is 0 Å². The molecule has 2 heterocycles. The number of ether oxygens (including phenoxy) is 1. The normalized spacial score (nSPS) is 10.9. The number of carbonyl (C=O) groups is 1. The Kier molecular flexibility index (Phi) is 6.36. The van der Waals surface area contributed by atoms with Crippen molar-refractivity contribution in [2.24, 2.45) is 7.05 Å². The zero-order valence-electron chi connectivity index (χ0n) is 18.1. The summed E-state index contributed by atoms with van der Waals surface area (Å²) in [5.74, 6) is 0.680. The minimum absolute atomic E-state index is 0.134. The molecule has 7 nitrogen and oxygen atoms in total. The zero-order chi connectivity index (χ0) is 22.0. The van der Waals surface area contributed by atoms with E-state index in [2.05, 4.69) is 10.1 Å². The van der Waals surface area contributed by atoms with Crippen molar-refractivity contribution < 1.29 is 9.53 Å². The van der Waals surface area contributed by atoms with E-state index in [1.54, 1.807) is 25.9 Å². The number of hydrogen-bond donors (Lipinski definition) is 0. The molecule has 0 spiro atoms. The van der Waals surface area contributed by atoms with Crippen LogP contribution in [0.15, 0.2) is 29.1 Å². The molecule has 3 aromatic rings. The average Bonchev–Trinajstić information content (AvgIpc) is 3.08. The number of benzene rings is 1. The summed E-state index contributed by atoms with van der Waals surface area (Å²) in [5.41, 5.74) is 3.50. The van der Waals surface area contributed by atoms with Gasteiger partial charge in [-0.3, -0.25) is 9.59 Å². The first-order chi connectivity index (χ1) is 14.2. The fourth-order valence-corrected chi connectivity index (χ4v) is 4.24. The highest BCUT2D eigenvalue weighted by atomic mass is 32.1. The Morgan fingerprint density at radius 3 is 2.57 bits per heavy atom. The van der Waals surface area contributed by atoms with Gasteiger partial charge in [0.1, 0.15) is 22.2 Å². The molecule has 0 atom stereocenters. The van der Waals surface area contributed by atoms with E-state index < -0.39 is 0 Å². The second-order valence-corrected chi connectivity index (χ2v) is 8.29. The van der Waals surface area contributed by atoms with Gasteiger partial charge in [-0.05, 0) is 44.9 Å². The van der Waals surface area contributed by atoms with Crippen molar-refractivity contribution in [2.45, 2.75) is 27.7 Å². The third kappa shape index (κ3) is 4.28. The number of likely N-dealkylation sites (N-methyl/N-ethyl adjacent to an activating group) is 1. The van der Waals surface area contributed by atoms with Gasteiger partial charge in [0.05, 0.1) is 23.5 Å². The summed E-state index contributed by atoms with van der Waals surface area (Å²) >= 11 is 1.24. The van der Waals surface area contributed by atoms with Gasteiger partial charge in [-0.1, -0.05) is 18.2 Å². The first kappa shape index (κ1) is 21.7. The molecule has 8 heteroatoms. The molecule has 0 aliphatic carbocycles. The van der Waals surface area contributed by atoms with Gasteiger partial charge in [-0.15, -0.1) is 11.3 Å². The van der Waals surface area contributed by atoms with E-state index in [1.807, 2.05) is 45.0 Å². The quantitative estimate of drug-likeness (QED) is 0.604. The lowest BCUT2D eigenvalue weighted by molar-refractivity contribution is 0.0777. The number of hydrogen-bond acceptors (Lipinski definition) is 6. The predicted molar refractivity (Wildman–Crippen MR) is 118 cm³/mol. The molecule has 0 unspecified atom stereocenters. The van der Waals surface area contributed by atoms with E-state index in [0.717, 1.165) is 22.6 Å². The van der Waals surface area contributed by atoms with Crippen LogP contribution in [0.4, 0.5) is 0 Å². The van der Waals surface area contributed by atoms with Crippen molar-refractivity contribution >= 4 is 17.2 Å². The molecule has 0 saturated heterocycles. The summed E-state index contributed by atoms with van der Waals surface area (Å²) in [6.07, 6.45) is 0. The highest BCUT2D eigenvalue weighted by Crippen LogP contribution is 2.29. The monoisotopic (exact) mass is 426 g/mol. The summed E-state index contributed by atoms with van der Waals surface area (Å²) < 4.78 is 7.11. The van der Waals surface area contributed by atoms with E-state index in [0.29, 0.717) is 34.3 Å². The van der Waals surface area contributed by atoms with Crippen molar-refractivity contribution in [1.29, 1.82) is 0 Å². The third-order valence-electron chi connectivity index (χ3n) is 5.05. The second kappa shape index (κ2) is 8.79. The number of amides is 1. The van der Waals surface area contributed by atoms with Gasteiger partial charge < -0.3 is 9.64 Å². The van der Waals surface area contributed by atoms with Crippen molar-refractivity contribution in [3.05, 3.63) is 62.0 Å². The second-order valence-electron chi connectivity index (χ2n) is 7.29. The molecule has 0 bridgehead atoms. The Morgan fingerprint density at radius 1 is 1.17 bits per heavy atom. The van der Waals surface area contributed by atoms with Gasteiger partial charge in [0.15, 0.2) is 0 Å². The Balaban J connectivity index is 1.77. The molecule has 0 saturated carbocycles. The predicted octanol–water partition coefficient (Wildman–Crippen LogP) is 3.29. The van der Waals surface area contributed by atoms with E-state index in [4.69, 9.17) is 4.74 Å². The molecule has 2 aromatic heterocycles. The number of rotatable bonds is 6. The molecule has 0 N–H and O–H groups in total. The molecular weight excluding hydrogens is 400 g/mol. The lowest BCUT2D eigenvalue weighted by atomic mass is 10.1. The van der Waals surface area contributed by atoms with Gasteiger partial charge in [-0.2, -0.15) is 5.10 Å². The Morgan fingerprint density at radius 2 is 1.87 bits per heavy atom. The highest BCUT2D eigenvalue weighted by molar-refractivity contribution is 7.17. The number of nitrogens with zero attached hydrogens (tertiary/aromatic N) is 4. The standard InChI is InChI=1S/C22H26N4O3S/c1-13-9-7-8-10-17(13)29-12-11-25(5)22(28)19-16(4)23-20(30-19)18-14(2)15(3)24-26(6)21(18)27/h7-10H,11-12H2,1-6H3. The van der Waals surface area contributed by atoms with Crippen LogP contribution in [0.5, 0.6) is 5.75 Å². The molecule has 0 aliphatic heterocycles. The van der Waals surface area contributed by atoms with Crippen LogP contribution in [-0.4, -0.2) is 45.8 Å². The number of aryl methyl sites for hydroxylation is 4. The Labute approximate surface area is 180 Å². The fraction of sp³-hybridized carbons (Fsp3) is 0.364. The van der Waals surface area contributed by atoms with Crippen LogP contribution in [0.2, 0.25) is 0 Å². The summed E-state index contributed by atoms with van der Waals surface area (Å²) in [7, 11) is 3.36. The van der Waals surface area contributed by atoms with Gasteiger partial charge in [0.25, 0.3) is 11.5 Å². The van der Waals surface area contributed by atoms with Crippen LogP contribution in [0.1, 0.15) is 32.2 Å². The van der Waals surface area contributed by atoms with Crippen LogP contribution in [0.25, 0.3) is 10.6 Å². The molecule has 3 rings (SSSR count). The maximum absolute atomic E-state index is 13.0. The van der Waals surface area contributed by atoms with Gasteiger partial charge >= 0.3 is 0 Å². The third-order valence-corrected chi connectivity index (χ3v) is 6.22. The summed E-state index contributed by atoms with van der Waals surface area (Å²) in [5, 5.41) is 4.75. The lowest BCUT2D eigenvalue weighted by Crippen LogP contribution is -2.30. The number of thiazole rings is 1. The summed E-state index contributed by atoms with van der Waals surface area (Å²) in [4.78, 5) is 32.3. The van der Waals surface area contributed by atoms with Crippen LogP contribution < -0.4 is 10.3 Å². The van der Waals surface area contributed by atoms with Crippen LogP contribution >= 0.6 is 11.3 Å². The Bertz CT molecular complexity index is 1150. The van der Waals surface area contributed by atoms with Crippen LogP contribution in [-0.2, 0) is 7.05 Å². The Hall–Kier alpha value is -3.00. The van der Waals surface area contributed by atoms with Gasteiger partial charge in [-0.25, -0.2) is 9.67 Å². The number of carbonyl (C=O) groups excluding carboxylic acids is 1. The van der Waals surface area contributed by atoms with Crippen molar-refractivity contribution in [1.82, 2.24) is 19.7 Å². The molecular formula is C22H26N4O3S. The van der Waals surface area contributed by atoms with Gasteiger partial charge in [0.2, 0.25) is 0 Å². The van der Waals surface area contributed by atoms with E-state index in [-0.39, 0.29) is 11.5 Å². The van der Waals surface area contributed by atoms with E-state index in [9.17, 15) is 9.59 Å². The molecule has 1 amide bonds. The maximum atomic E-state index is 13.0. The summed E-state index contributed by atoms with van der Waals surface area (Å²) in [6, 6.07) is 7.78. The van der Waals surface area contributed by atoms with Crippen molar-refractivity contribution in [3.8, 4) is 16.3 Å². The molecule has 30 heavy (non-hydrogen) atoms. The molecule has 0 radical (unpaired) electrons. The SMILES string of the molecule is Cc1ccccc1OCCN(C)C(=O)c1sc(-c2c(C)c(C)nn(C)c2=O)nc1C. The highest BCUT2D eigenvalue weighted by Gasteiger charge is 2.23. The van der Waals surface area contributed by atoms with Crippen molar-refractivity contribution in [2.75, 3.05) is 20.2 Å². The first-order valence-corrected chi connectivity index (χ1v) is 10.5. The van der Waals surface area contributed by atoms with E-state index in [1.165, 1.54) is 16.0 Å². The van der Waals surface area contributed by atoms with Crippen LogP contribution in [0, 0.1) is 27.7 Å². The zero-order valence-corrected chi connectivity index (χ0v) is 19.0.